The smallest absolute Gasteiger partial charge is 0.195 e. The number of anilines is 1. The van der Waals surface area contributed by atoms with Crippen LogP contribution >= 0.6 is 0 Å². The normalized spacial score (nSPS) is 22.3. The molecule has 78 valence electrons. The SMILES string of the molecule is CN(C)c1ccc([C@@H]2CCCCN2)o1. The van der Waals surface area contributed by atoms with Gasteiger partial charge in [-0.25, -0.2) is 0 Å². The number of rotatable bonds is 2. The summed E-state index contributed by atoms with van der Waals surface area (Å²) in [7, 11) is 3.99. The lowest BCUT2D eigenvalue weighted by atomic mass is 10.0. The summed E-state index contributed by atoms with van der Waals surface area (Å²) in [6, 6.07) is 4.54. The van der Waals surface area contributed by atoms with Gasteiger partial charge in [0.25, 0.3) is 0 Å². The summed E-state index contributed by atoms with van der Waals surface area (Å²) in [5.41, 5.74) is 0. The van der Waals surface area contributed by atoms with E-state index < -0.39 is 0 Å². The van der Waals surface area contributed by atoms with Gasteiger partial charge in [-0.15, -0.1) is 0 Å². The summed E-state index contributed by atoms with van der Waals surface area (Å²) in [6.45, 7) is 1.11. The zero-order chi connectivity index (χ0) is 9.97. The monoisotopic (exact) mass is 194 g/mol. The molecule has 1 aromatic heterocycles. The maximum Gasteiger partial charge on any atom is 0.195 e. The van der Waals surface area contributed by atoms with Crippen LogP contribution in [0.1, 0.15) is 31.1 Å². The van der Waals surface area contributed by atoms with Gasteiger partial charge in [-0.3, -0.25) is 0 Å². The Balaban J connectivity index is 2.07. The third kappa shape index (κ3) is 1.93. The highest BCUT2D eigenvalue weighted by Crippen LogP contribution is 2.27. The Kier molecular flexibility index (Phi) is 2.77. The van der Waals surface area contributed by atoms with Crippen LogP contribution in [0.4, 0.5) is 5.88 Å². The summed E-state index contributed by atoms with van der Waals surface area (Å²) in [6.07, 6.45) is 3.79. The average molecular weight is 194 g/mol. The van der Waals surface area contributed by atoms with Crippen molar-refractivity contribution in [2.45, 2.75) is 25.3 Å². The van der Waals surface area contributed by atoms with Crippen molar-refractivity contribution in [3.8, 4) is 0 Å². The van der Waals surface area contributed by atoms with Crippen molar-refractivity contribution in [1.82, 2.24) is 5.32 Å². The minimum atomic E-state index is 0.428. The van der Waals surface area contributed by atoms with Crippen LogP contribution in [0.2, 0.25) is 0 Å². The molecular weight excluding hydrogens is 176 g/mol. The largest absolute Gasteiger partial charge is 0.444 e. The molecule has 3 heteroatoms. The third-order valence-electron chi connectivity index (χ3n) is 2.71. The molecule has 3 nitrogen and oxygen atoms in total. The van der Waals surface area contributed by atoms with Crippen LogP contribution in [0, 0.1) is 0 Å². The van der Waals surface area contributed by atoms with Crippen LogP contribution in [0.15, 0.2) is 16.5 Å². The van der Waals surface area contributed by atoms with E-state index >= 15 is 0 Å². The third-order valence-corrected chi connectivity index (χ3v) is 2.71. The predicted octanol–water partition coefficient (Wildman–Crippen LogP) is 2.16. The van der Waals surface area contributed by atoms with Crippen molar-refractivity contribution in [1.29, 1.82) is 0 Å². The topological polar surface area (TPSA) is 28.4 Å². The summed E-state index contributed by atoms with van der Waals surface area (Å²) >= 11 is 0. The molecule has 1 aromatic rings. The molecule has 2 rings (SSSR count). The second-order valence-electron chi connectivity index (χ2n) is 4.07. The molecule has 0 spiro atoms. The van der Waals surface area contributed by atoms with Gasteiger partial charge < -0.3 is 14.6 Å². The average Bonchev–Trinajstić information content (AvgIpc) is 2.68. The van der Waals surface area contributed by atoms with E-state index in [9.17, 15) is 0 Å². The molecule has 14 heavy (non-hydrogen) atoms. The first kappa shape index (κ1) is 9.59. The highest BCUT2D eigenvalue weighted by atomic mass is 16.4. The Morgan fingerprint density at radius 1 is 1.36 bits per heavy atom. The molecule has 0 aliphatic carbocycles. The van der Waals surface area contributed by atoms with E-state index in [0.29, 0.717) is 6.04 Å². The highest BCUT2D eigenvalue weighted by Gasteiger charge is 2.18. The lowest BCUT2D eigenvalue weighted by Gasteiger charge is -2.21. The van der Waals surface area contributed by atoms with Gasteiger partial charge >= 0.3 is 0 Å². The van der Waals surface area contributed by atoms with Crippen LogP contribution in [-0.4, -0.2) is 20.6 Å². The summed E-state index contributed by atoms with van der Waals surface area (Å²) in [5, 5.41) is 3.48. The molecule has 0 unspecified atom stereocenters. The molecule has 1 atom stereocenters. The zero-order valence-electron chi connectivity index (χ0n) is 8.92. The van der Waals surface area contributed by atoms with E-state index in [1.165, 1.54) is 19.3 Å². The predicted molar refractivity (Wildman–Crippen MR) is 57.6 cm³/mol. The molecule has 0 radical (unpaired) electrons. The molecule has 1 aliphatic rings. The van der Waals surface area contributed by atoms with Crippen molar-refractivity contribution >= 4 is 5.88 Å². The fourth-order valence-corrected chi connectivity index (χ4v) is 1.86. The maximum absolute atomic E-state index is 5.75. The van der Waals surface area contributed by atoms with Crippen molar-refractivity contribution in [3.05, 3.63) is 17.9 Å². The molecule has 1 saturated heterocycles. The Hall–Kier alpha value is -0.960. The molecule has 2 heterocycles. The molecule has 0 aromatic carbocycles. The van der Waals surface area contributed by atoms with Gasteiger partial charge in [0.15, 0.2) is 5.88 Å². The quantitative estimate of drug-likeness (QED) is 0.782. The molecule has 0 amide bonds. The van der Waals surface area contributed by atoms with Crippen molar-refractivity contribution in [3.63, 3.8) is 0 Å². The number of hydrogen-bond acceptors (Lipinski definition) is 3. The van der Waals surface area contributed by atoms with Crippen LogP contribution < -0.4 is 10.2 Å². The van der Waals surface area contributed by atoms with Crippen LogP contribution in [0.3, 0.4) is 0 Å². The van der Waals surface area contributed by atoms with Gasteiger partial charge in [-0.2, -0.15) is 0 Å². The fraction of sp³-hybridized carbons (Fsp3) is 0.636. The lowest BCUT2D eigenvalue weighted by Crippen LogP contribution is -2.26. The van der Waals surface area contributed by atoms with Gasteiger partial charge in [-0.05, 0) is 25.5 Å². The van der Waals surface area contributed by atoms with Gasteiger partial charge in [0.05, 0.1) is 6.04 Å². The van der Waals surface area contributed by atoms with E-state index in [1.807, 2.05) is 25.1 Å². The van der Waals surface area contributed by atoms with Gasteiger partial charge in [-0.1, -0.05) is 6.42 Å². The number of furan rings is 1. The van der Waals surface area contributed by atoms with Crippen LogP contribution in [0.5, 0.6) is 0 Å². The maximum atomic E-state index is 5.75. The minimum Gasteiger partial charge on any atom is -0.444 e. The summed E-state index contributed by atoms with van der Waals surface area (Å²) < 4.78 is 5.75. The van der Waals surface area contributed by atoms with Gasteiger partial charge in [0, 0.05) is 20.2 Å². The second-order valence-corrected chi connectivity index (χ2v) is 4.07. The van der Waals surface area contributed by atoms with Crippen molar-refractivity contribution in [2.24, 2.45) is 0 Å². The highest BCUT2D eigenvalue weighted by molar-refractivity contribution is 5.34. The minimum absolute atomic E-state index is 0.428. The first-order chi connectivity index (χ1) is 6.77. The van der Waals surface area contributed by atoms with E-state index in [-0.39, 0.29) is 0 Å². The number of hydrogen-bond donors (Lipinski definition) is 1. The first-order valence-corrected chi connectivity index (χ1v) is 5.28. The fourth-order valence-electron chi connectivity index (χ4n) is 1.86. The number of nitrogens with zero attached hydrogens (tertiary/aromatic N) is 1. The van der Waals surface area contributed by atoms with Crippen molar-refractivity contribution < 1.29 is 4.42 Å². The molecule has 1 fully saturated rings. The number of piperidine rings is 1. The Morgan fingerprint density at radius 3 is 2.79 bits per heavy atom. The molecule has 1 aliphatic heterocycles. The Morgan fingerprint density at radius 2 is 2.21 bits per heavy atom. The zero-order valence-corrected chi connectivity index (χ0v) is 8.92. The molecule has 1 N–H and O–H groups in total. The van der Waals surface area contributed by atoms with Crippen molar-refractivity contribution in [2.75, 3.05) is 25.5 Å². The lowest BCUT2D eigenvalue weighted by molar-refractivity contribution is 0.351. The standard InChI is InChI=1S/C11H18N2O/c1-13(2)11-7-6-10(14-11)9-5-3-4-8-12-9/h6-7,9,12H,3-5,8H2,1-2H3/t9-/m0/s1. The number of nitrogens with one attached hydrogen (secondary N) is 1. The van der Waals surface area contributed by atoms with E-state index in [1.54, 1.807) is 0 Å². The van der Waals surface area contributed by atoms with Gasteiger partial charge in [0.2, 0.25) is 0 Å². The second kappa shape index (κ2) is 4.05. The van der Waals surface area contributed by atoms with E-state index in [2.05, 4.69) is 11.4 Å². The van der Waals surface area contributed by atoms with Crippen LogP contribution in [-0.2, 0) is 0 Å². The Bertz CT molecular complexity index is 287. The first-order valence-electron chi connectivity index (χ1n) is 5.28. The van der Waals surface area contributed by atoms with E-state index in [4.69, 9.17) is 4.42 Å². The molecule has 0 bridgehead atoms. The summed E-state index contributed by atoms with van der Waals surface area (Å²) in [4.78, 5) is 1.99. The van der Waals surface area contributed by atoms with Crippen LogP contribution in [0.25, 0.3) is 0 Å². The molecular formula is C11H18N2O. The summed E-state index contributed by atoms with van der Waals surface area (Å²) in [5.74, 6) is 2.01. The molecule has 0 saturated carbocycles. The Labute approximate surface area is 85.1 Å². The van der Waals surface area contributed by atoms with Gasteiger partial charge in [0.1, 0.15) is 5.76 Å². The van der Waals surface area contributed by atoms with E-state index in [0.717, 1.165) is 18.2 Å².